The average molecular weight is 596 g/mol. The van der Waals surface area contributed by atoms with Gasteiger partial charge in [0.2, 0.25) is 11.8 Å². The second-order valence-electron chi connectivity index (χ2n) is 10.6. The lowest BCUT2D eigenvalue weighted by Crippen LogP contribution is -2.53. The van der Waals surface area contributed by atoms with Crippen molar-refractivity contribution in [1.82, 2.24) is 10.2 Å². The van der Waals surface area contributed by atoms with E-state index in [1.54, 1.807) is 30.3 Å². The number of aryl methyl sites for hydroxylation is 1. The minimum absolute atomic E-state index is 0.0301. The van der Waals surface area contributed by atoms with Crippen molar-refractivity contribution >= 4 is 27.5 Å². The Hall–Kier alpha value is -3.92. The Kier molecular flexibility index (Phi) is 10.2. The van der Waals surface area contributed by atoms with Gasteiger partial charge in [0.15, 0.2) is 0 Å². The molecule has 10 heteroatoms. The summed E-state index contributed by atoms with van der Waals surface area (Å²) in [5, 5.41) is 3.08. The Morgan fingerprint density at radius 2 is 1.71 bits per heavy atom. The highest BCUT2D eigenvalue weighted by Crippen LogP contribution is 2.28. The van der Waals surface area contributed by atoms with Crippen LogP contribution in [0.4, 0.5) is 10.1 Å². The van der Waals surface area contributed by atoms with Crippen molar-refractivity contribution in [3.63, 3.8) is 0 Å². The molecule has 8 nitrogen and oxygen atoms in total. The smallest absolute Gasteiger partial charge is 0.264 e. The Balaban J connectivity index is 1.73. The van der Waals surface area contributed by atoms with Crippen LogP contribution in [0.15, 0.2) is 77.7 Å². The number of hydrogen-bond donors (Lipinski definition) is 1. The summed E-state index contributed by atoms with van der Waals surface area (Å²) in [5.41, 5.74) is 1.30. The molecule has 1 saturated carbocycles. The molecule has 1 fully saturated rings. The lowest BCUT2D eigenvalue weighted by molar-refractivity contribution is -0.140. The molecule has 0 spiro atoms. The second kappa shape index (κ2) is 13.8. The molecule has 1 unspecified atom stereocenters. The number of nitrogens with zero attached hydrogens (tertiary/aromatic N) is 2. The summed E-state index contributed by atoms with van der Waals surface area (Å²) in [7, 11) is -2.82. The maximum Gasteiger partial charge on any atom is 0.264 e. The molecule has 1 aliphatic carbocycles. The van der Waals surface area contributed by atoms with Gasteiger partial charge in [0.05, 0.1) is 17.7 Å². The molecule has 0 heterocycles. The SMILES string of the molecule is CCC(C(=O)NC1CCCC1)N(Cc1cccc(OC)c1)C(=O)CN(c1ccccc1F)S(=O)(=O)c1ccc(C)cc1. The summed E-state index contributed by atoms with van der Waals surface area (Å²) in [5.74, 6) is -1.13. The Morgan fingerprint density at radius 3 is 2.36 bits per heavy atom. The maximum atomic E-state index is 15.1. The molecule has 1 N–H and O–H groups in total. The fourth-order valence-corrected chi connectivity index (χ4v) is 6.68. The molecule has 1 aliphatic rings. The van der Waals surface area contributed by atoms with Gasteiger partial charge in [0.1, 0.15) is 24.2 Å². The van der Waals surface area contributed by atoms with Crippen molar-refractivity contribution in [1.29, 1.82) is 0 Å². The third-order valence-electron chi connectivity index (χ3n) is 7.58. The van der Waals surface area contributed by atoms with E-state index in [9.17, 15) is 18.0 Å². The number of methoxy groups -OCH3 is 1. The van der Waals surface area contributed by atoms with Gasteiger partial charge in [0, 0.05) is 12.6 Å². The molecule has 224 valence electrons. The number of hydrogen-bond acceptors (Lipinski definition) is 5. The summed E-state index contributed by atoms with van der Waals surface area (Å²) < 4.78 is 49.0. The first-order chi connectivity index (χ1) is 20.1. The van der Waals surface area contributed by atoms with E-state index in [-0.39, 0.29) is 29.1 Å². The van der Waals surface area contributed by atoms with Crippen LogP contribution >= 0.6 is 0 Å². The van der Waals surface area contributed by atoms with Gasteiger partial charge in [-0.05, 0) is 68.1 Å². The fraction of sp³-hybridized carbons (Fsp3) is 0.375. The van der Waals surface area contributed by atoms with Crippen molar-refractivity contribution in [3.05, 3.63) is 89.7 Å². The first kappa shape index (κ1) is 31.0. The number of ether oxygens (including phenoxy) is 1. The van der Waals surface area contributed by atoms with Crippen LogP contribution in [0, 0.1) is 12.7 Å². The molecule has 3 aromatic carbocycles. The number of nitrogens with one attached hydrogen (secondary N) is 1. The van der Waals surface area contributed by atoms with Gasteiger partial charge < -0.3 is 15.0 Å². The fourth-order valence-electron chi connectivity index (χ4n) is 5.26. The maximum absolute atomic E-state index is 15.1. The van der Waals surface area contributed by atoms with Crippen molar-refractivity contribution in [3.8, 4) is 5.75 Å². The third-order valence-corrected chi connectivity index (χ3v) is 9.36. The van der Waals surface area contributed by atoms with Gasteiger partial charge in [-0.1, -0.05) is 61.7 Å². The monoisotopic (exact) mass is 595 g/mol. The van der Waals surface area contributed by atoms with Crippen LogP contribution in [0.25, 0.3) is 0 Å². The molecular formula is C32H38FN3O5S. The van der Waals surface area contributed by atoms with Crippen molar-refractivity contribution in [2.24, 2.45) is 0 Å². The molecule has 0 bridgehead atoms. The number of anilines is 1. The standard InChI is InChI=1S/C32H38FN3O5S/c1-4-29(32(38)34-25-11-5-6-12-25)35(21-24-10-9-13-26(20-24)41-3)31(37)22-36(30-15-8-7-14-28(30)33)42(39,40)27-18-16-23(2)17-19-27/h7-10,13-20,25,29H,4-6,11-12,21-22H2,1-3H3,(H,34,38). The van der Waals surface area contributed by atoms with E-state index < -0.39 is 34.3 Å². The zero-order valence-corrected chi connectivity index (χ0v) is 25.1. The first-order valence-electron chi connectivity index (χ1n) is 14.2. The number of sulfonamides is 1. The topological polar surface area (TPSA) is 96.0 Å². The van der Waals surface area contributed by atoms with Gasteiger partial charge >= 0.3 is 0 Å². The summed E-state index contributed by atoms with van der Waals surface area (Å²) >= 11 is 0. The number of halogens is 1. The van der Waals surface area contributed by atoms with Crippen molar-refractivity contribution < 1.29 is 27.1 Å². The van der Waals surface area contributed by atoms with E-state index in [2.05, 4.69) is 5.32 Å². The highest BCUT2D eigenvalue weighted by molar-refractivity contribution is 7.92. The quantitative estimate of drug-likeness (QED) is 0.310. The largest absolute Gasteiger partial charge is 0.497 e. The number of benzene rings is 3. The van der Waals surface area contributed by atoms with E-state index in [0.717, 1.165) is 41.6 Å². The summed E-state index contributed by atoms with van der Waals surface area (Å²) in [6.07, 6.45) is 4.12. The van der Waals surface area contributed by atoms with Crippen LogP contribution in [0.3, 0.4) is 0 Å². The highest BCUT2D eigenvalue weighted by atomic mass is 32.2. The lowest BCUT2D eigenvalue weighted by atomic mass is 10.1. The lowest BCUT2D eigenvalue weighted by Gasteiger charge is -2.34. The normalized spacial score (nSPS) is 14.3. The molecule has 0 saturated heterocycles. The summed E-state index contributed by atoms with van der Waals surface area (Å²) in [6.45, 7) is 2.96. The molecule has 4 rings (SSSR count). The van der Waals surface area contributed by atoms with E-state index in [0.29, 0.717) is 17.7 Å². The molecule has 3 aromatic rings. The molecule has 0 aliphatic heterocycles. The highest BCUT2D eigenvalue weighted by Gasteiger charge is 2.35. The minimum Gasteiger partial charge on any atom is -0.497 e. The molecule has 1 atom stereocenters. The van der Waals surface area contributed by atoms with E-state index in [1.807, 2.05) is 19.9 Å². The number of amides is 2. The molecule has 0 aromatic heterocycles. The molecule has 42 heavy (non-hydrogen) atoms. The third kappa shape index (κ3) is 7.28. The van der Waals surface area contributed by atoms with Gasteiger partial charge in [0.25, 0.3) is 10.0 Å². The molecule has 2 amide bonds. The van der Waals surface area contributed by atoms with Crippen LogP contribution in [-0.2, 0) is 26.2 Å². The predicted octanol–water partition coefficient (Wildman–Crippen LogP) is 5.20. The minimum atomic E-state index is -4.35. The van der Waals surface area contributed by atoms with Crippen LogP contribution in [0.1, 0.15) is 50.2 Å². The van der Waals surface area contributed by atoms with E-state index in [4.69, 9.17) is 4.74 Å². The van der Waals surface area contributed by atoms with Gasteiger partial charge in [-0.25, -0.2) is 12.8 Å². The molecular weight excluding hydrogens is 557 g/mol. The number of carbonyl (C=O) groups excluding carboxylic acids is 2. The van der Waals surface area contributed by atoms with Crippen molar-refractivity contribution in [2.45, 2.75) is 69.5 Å². The predicted molar refractivity (Wildman–Crippen MR) is 160 cm³/mol. The summed E-state index contributed by atoms with van der Waals surface area (Å²) in [4.78, 5) is 29.0. The van der Waals surface area contributed by atoms with Crippen LogP contribution in [0.2, 0.25) is 0 Å². The van der Waals surface area contributed by atoms with E-state index >= 15 is 4.39 Å². The first-order valence-corrected chi connectivity index (χ1v) is 15.6. The zero-order chi connectivity index (χ0) is 30.3. The van der Waals surface area contributed by atoms with Gasteiger partial charge in [-0.3, -0.25) is 13.9 Å². The van der Waals surface area contributed by atoms with Gasteiger partial charge in [-0.2, -0.15) is 0 Å². The summed E-state index contributed by atoms with van der Waals surface area (Å²) in [6, 6.07) is 17.9. The van der Waals surface area contributed by atoms with Crippen LogP contribution < -0.4 is 14.4 Å². The Labute approximate surface area is 247 Å². The van der Waals surface area contributed by atoms with E-state index in [1.165, 1.54) is 42.3 Å². The second-order valence-corrected chi connectivity index (χ2v) is 12.4. The molecule has 0 radical (unpaired) electrons. The van der Waals surface area contributed by atoms with Crippen LogP contribution in [0.5, 0.6) is 5.75 Å². The van der Waals surface area contributed by atoms with Crippen LogP contribution in [-0.4, -0.2) is 50.9 Å². The number of rotatable bonds is 12. The average Bonchev–Trinajstić information content (AvgIpc) is 3.49. The Morgan fingerprint density at radius 1 is 1.02 bits per heavy atom. The number of carbonyl (C=O) groups is 2. The Bertz CT molecular complexity index is 1490. The zero-order valence-electron chi connectivity index (χ0n) is 24.3. The van der Waals surface area contributed by atoms with Crippen molar-refractivity contribution in [2.75, 3.05) is 18.0 Å². The number of para-hydroxylation sites is 1. The van der Waals surface area contributed by atoms with Gasteiger partial charge in [-0.15, -0.1) is 0 Å².